The standard InChI is InChI=1S/C23H24F3N3O5/c1-15(21(30)27-16-6-8-17(9-7-16)34-23(24,25)26)28-10-12-29(13-11-28)22(31)20-14-32-18-4-2-3-5-19(18)33-20/h2-9,15,20H,10-14H2,1H3,(H,27,30)/t15-,20-/m0/s1. The number of hydrogen-bond donors (Lipinski definition) is 1. The molecule has 2 aromatic rings. The molecule has 1 N–H and O–H groups in total. The number of anilines is 1. The van der Waals surface area contributed by atoms with Gasteiger partial charge in [0.2, 0.25) is 12.0 Å². The minimum atomic E-state index is -4.77. The van der Waals surface area contributed by atoms with E-state index in [1.54, 1.807) is 24.0 Å². The van der Waals surface area contributed by atoms with Crippen LogP contribution >= 0.6 is 0 Å². The molecule has 2 aliphatic rings. The van der Waals surface area contributed by atoms with E-state index in [9.17, 15) is 22.8 Å². The van der Waals surface area contributed by atoms with E-state index in [0.717, 1.165) is 12.1 Å². The highest BCUT2D eigenvalue weighted by Gasteiger charge is 2.34. The van der Waals surface area contributed by atoms with Crippen molar-refractivity contribution in [2.75, 3.05) is 38.1 Å². The van der Waals surface area contributed by atoms with Gasteiger partial charge in [0, 0.05) is 31.9 Å². The monoisotopic (exact) mass is 479 g/mol. The molecule has 4 rings (SSSR count). The average Bonchev–Trinajstić information content (AvgIpc) is 2.83. The number of hydrogen-bond acceptors (Lipinski definition) is 6. The second-order valence-electron chi connectivity index (χ2n) is 7.96. The van der Waals surface area contributed by atoms with Crippen LogP contribution in [0.25, 0.3) is 0 Å². The maximum atomic E-state index is 12.9. The summed E-state index contributed by atoms with van der Waals surface area (Å²) in [6.07, 6.45) is -5.49. The Morgan fingerprint density at radius 3 is 2.32 bits per heavy atom. The second kappa shape index (κ2) is 9.80. The van der Waals surface area contributed by atoms with Gasteiger partial charge in [0.25, 0.3) is 5.91 Å². The second-order valence-corrected chi connectivity index (χ2v) is 7.96. The smallest absolute Gasteiger partial charge is 0.485 e. The number of para-hydroxylation sites is 2. The van der Waals surface area contributed by atoms with E-state index in [-0.39, 0.29) is 24.2 Å². The predicted molar refractivity (Wildman–Crippen MR) is 116 cm³/mol. The van der Waals surface area contributed by atoms with Crippen LogP contribution in [0.2, 0.25) is 0 Å². The lowest BCUT2D eigenvalue weighted by Gasteiger charge is -2.39. The Morgan fingerprint density at radius 2 is 1.68 bits per heavy atom. The van der Waals surface area contributed by atoms with Gasteiger partial charge in [-0.2, -0.15) is 0 Å². The zero-order valence-electron chi connectivity index (χ0n) is 18.4. The van der Waals surface area contributed by atoms with E-state index in [0.29, 0.717) is 43.4 Å². The molecule has 34 heavy (non-hydrogen) atoms. The summed E-state index contributed by atoms with van der Waals surface area (Å²) >= 11 is 0. The number of nitrogens with one attached hydrogen (secondary N) is 1. The van der Waals surface area contributed by atoms with Crippen molar-refractivity contribution in [3.05, 3.63) is 48.5 Å². The van der Waals surface area contributed by atoms with Crippen LogP contribution in [-0.4, -0.2) is 72.9 Å². The Bertz CT molecular complexity index is 1020. The molecule has 2 heterocycles. The highest BCUT2D eigenvalue weighted by molar-refractivity contribution is 5.94. The normalized spacial score (nSPS) is 19.3. The maximum Gasteiger partial charge on any atom is 0.573 e. The first-order valence-corrected chi connectivity index (χ1v) is 10.8. The Kier molecular flexibility index (Phi) is 6.82. The van der Waals surface area contributed by atoms with Gasteiger partial charge >= 0.3 is 6.36 Å². The van der Waals surface area contributed by atoms with Crippen molar-refractivity contribution in [2.45, 2.75) is 25.4 Å². The van der Waals surface area contributed by atoms with Crippen LogP contribution in [-0.2, 0) is 9.59 Å². The Labute approximate surface area is 194 Å². The van der Waals surface area contributed by atoms with Crippen LogP contribution < -0.4 is 19.5 Å². The largest absolute Gasteiger partial charge is 0.573 e. The lowest BCUT2D eigenvalue weighted by Crippen LogP contribution is -2.57. The molecule has 8 nitrogen and oxygen atoms in total. The predicted octanol–water partition coefficient (Wildman–Crippen LogP) is 2.90. The molecule has 0 radical (unpaired) electrons. The fourth-order valence-electron chi connectivity index (χ4n) is 3.83. The number of alkyl halides is 3. The number of fused-ring (bicyclic) bond motifs is 1. The number of nitrogens with zero attached hydrogens (tertiary/aromatic N) is 2. The molecule has 1 saturated heterocycles. The van der Waals surface area contributed by atoms with Crippen LogP contribution in [0.1, 0.15) is 6.92 Å². The topological polar surface area (TPSA) is 80.3 Å². The van der Waals surface area contributed by atoms with Crippen molar-refractivity contribution in [3.63, 3.8) is 0 Å². The highest BCUT2D eigenvalue weighted by atomic mass is 19.4. The molecule has 1 fully saturated rings. The number of carbonyl (C=O) groups excluding carboxylic acids is 2. The van der Waals surface area contributed by atoms with E-state index in [2.05, 4.69) is 10.1 Å². The van der Waals surface area contributed by atoms with Crippen LogP contribution in [0.4, 0.5) is 18.9 Å². The summed E-state index contributed by atoms with van der Waals surface area (Å²) < 4.78 is 52.1. The molecule has 0 aliphatic carbocycles. The molecule has 0 spiro atoms. The van der Waals surface area contributed by atoms with Crippen LogP contribution in [0.15, 0.2) is 48.5 Å². The SMILES string of the molecule is C[C@@H](C(=O)Nc1ccc(OC(F)(F)F)cc1)N1CCN(C(=O)[C@@H]2COc3ccccc3O2)CC1. The Hall–Kier alpha value is -3.47. The van der Waals surface area contributed by atoms with Gasteiger partial charge in [0.1, 0.15) is 12.4 Å². The third kappa shape index (κ3) is 5.71. The third-order valence-corrected chi connectivity index (χ3v) is 5.69. The number of carbonyl (C=O) groups is 2. The molecule has 2 aromatic carbocycles. The zero-order valence-corrected chi connectivity index (χ0v) is 18.4. The van der Waals surface area contributed by atoms with Gasteiger partial charge in [-0.15, -0.1) is 13.2 Å². The third-order valence-electron chi connectivity index (χ3n) is 5.69. The molecule has 2 aliphatic heterocycles. The first-order valence-electron chi connectivity index (χ1n) is 10.8. The number of ether oxygens (including phenoxy) is 3. The van der Waals surface area contributed by atoms with Gasteiger partial charge in [0.15, 0.2) is 11.5 Å². The summed E-state index contributed by atoms with van der Waals surface area (Å²) in [7, 11) is 0. The maximum absolute atomic E-state index is 12.9. The summed E-state index contributed by atoms with van der Waals surface area (Å²) in [6, 6.07) is 11.6. The van der Waals surface area contributed by atoms with E-state index in [1.165, 1.54) is 12.1 Å². The first-order chi connectivity index (χ1) is 16.2. The van der Waals surface area contributed by atoms with Crippen molar-refractivity contribution in [1.82, 2.24) is 9.80 Å². The summed E-state index contributed by atoms with van der Waals surface area (Å²) in [5.74, 6) is 0.320. The van der Waals surface area contributed by atoms with Crippen LogP contribution in [0, 0.1) is 0 Å². The quantitative estimate of drug-likeness (QED) is 0.711. The minimum absolute atomic E-state index is 0.141. The number of benzene rings is 2. The van der Waals surface area contributed by atoms with Crippen molar-refractivity contribution in [1.29, 1.82) is 0 Å². The number of halogens is 3. The molecular formula is C23H24F3N3O5. The lowest BCUT2D eigenvalue weighted by molar-refractivity contribution is -0.274. The van der Waals surface area contributed by atoms with Gasteiger partial charge in [-0.3, -0.25) is 14.5 Å². The first kappa shape index (κ1) is 23.7. The van der Waals surface area contributed by atoms with E-state index < -0.39 is 18.5 Å². The summed E-state index contributed by atoms with van der Waals surface area (Å²) in [5, 5.41) is 2.69. The van der Waals surface area contributed by atoms with Gasteiger partial charge < -0.3 is 24.4 Å². The molecule has 0 aromatic heterocycles. The fraction of sp³-hybridized carbons (Fsp3) is 0.391. The molecular weight excluding hydrogens is 455 g/mol. The van der Waals surface area contributed by atoms with E-state index >= 15 is 0 Å². The Balaban J connectivity index is 1.26. The van der Waals surface area contributed by atoms with Gasteiger partial charge in [-0.1, -0.05) is 12.1 Å². The van der Waals surface area contributed by atoms with Crippen molar-refractivity contribution in [3.8, 4) is 17.2 Å². The molecule has 182 valence electrons. The zero-order chi connectivity index (χ0) is 24.3. The van der Waals surface area contributed by atoms with E-state index in [1.807, 2.05) is 17.0 Å². The van der Waals surface area contributed by atoms with Gasteiger partial charge in [-0.05, 0) is 43.3 Å². The summed E-state index contributed by atoms with van der Waals surface area (Å²) in [6.45, 7) is 3.72. The Morgan fingerprint density at radius 1 is 1.03 bits per heavy atom. The highest BCUT2D eigenvalue weighted by Crippen LogP contribution is 2.31. The van der Waals surface area contributed by atoms with Crippen molar-refractivity contribution >= 4 is 17.5 Å². The fourth-order valence-corrected chi connectivity index (χ4v) is 3.83. The minimum Gasteiger partial charge on any atom is -0.485 e. The number of piperazine rings is 1. The van der Waals surface area contributed by atoms with E-state index in [4.69, 9.17) is 9.47 Å². The van der Waals surface area contributed by atoms with Gasteiger partial charge in [-0.25, -0.2) is 0 Å². The average molecular weight is 479 g/mol. The number of rotatable bonds is 5. The summed E-state index contributed by atoms with van der Waals surface area (Å²) in [4.78, 5) is 29.1. The van der Waals surface area contributed by atoms with Crippen LogP contribution in [0.5, 0.6) is 17.2 Å². The van der Waals surface area contributed by atoms with Crippen LogP contribution in [0.3, 0.4) is 0 Å². The lowest BCUT2D eigenvalue weighted by atomic mass is 10.2. The van der Waals surface area contributed by atoms with Crippen molar-refractivity contribution < 1.29 is 37.0 Å². The molecule has 2 atom stereocenters. The molecule has 0 saturated carbocycles. The molecule has 11 heteroatoms. The molecule has 0 unspecified atom stereocenters. The van der Waals surface area contributed by atoms with Gasteiger partial charge in [0.05, 0.1) is 6.04 Å². The number of amides is 2. The summed E-state index contributed by atoms with van der Waals surface area (Å²) in [5.41, 5.74) is 0.356. The van der Waals surface area contributed by atoms with Crippen molar-refractivity contribution in [2.24, 2.45) is 0 Å². The molecule has 0 bridgehead atoms. The molecule has 2 amide bonds.